The first-order valence-corrected chi connectivity index (χ1v) is 8.96. The van der Waals surface area contributed by atoms with Crippen LogP contribution in [-0.4, -0.2) is 43.0 Å². The fourth-order valence-electron chi connectivity index (χ4n) is 3.57. The van der Waals surface area contributed by atoms with Gasteiger partial charge in [0.15, 0.2) is 0 Å². The highest BCUT2D eigenvalue weighted by atomic mass is 19.1. The lowest BCUT2D eigenvalue weighted by Crippen LogP contribution is -2.36. The summed E-state index contributed by atoms with van der Waals surface area (Å²) >= 11 is 0. The van der Waals surface area contributed by atoms with E-state index < -0.39 is 0 Å². The number of aromatic nitrogens is 1. The summed E-state index contributed by atoms with van der Waals surface area (Å²) in [5.41, 5.74) is 1.88. The van der Waals surface area contributed by atoms with E-state index in [1.807, 2.05) is 6.92 Å². The van der Waals surface area contributed by atoms with Crippen molar-refractivity contribution in [1.29, 1.82) is 0 Å². The lowest BCUT2D eigenvalue weighted by Gasteiger charge is -2.34. The average molecular weight is 343 g/mol. The molecule has 1 aromatic heterocycles. The van der Waals surface area contributed by atoms with Crippen LogP contribution in [0.25, 0.3) is 10.9 Å². The first-order chi connectivity index (χ1) is 11.9. The molecule has 0 radical (unpaired) electrons. The molecule has 5 heteroatoms. The van der Waals surface area contributed by atoms with E-state index in [1.54, 1.807) is 31.1 Å². The SMILES string of the molecule is Cc1cc(N2CCCC(CCC(=O)N(C)C)C2)nc2ccc(F)cc12. The molecule has 2 aromatic rings. The highest BCUT2D eigenvalue weighted by Gasteiger charge is 2.22. The molecule has 0 aliphatic carbocycles. The number of piperidine rings is 1. The van der Waals surface area contributed by atoms with Gasteiger partial charge in [-0.2, -0.15) is 0 Å². The number of carbonyl (C=O) groups is 1. The van der Waals surface area contributed by atoms with Crippen molar-refractivity contribution in [3.05, 3.63) is 35.6 Å². The number of rotatable bonds is 4. The fraction of sp³-hybridized carbons (Fsp3) is 0.500. The van der Waals surface area contributed by atoms with E-state index in [4.69, 9.17) is 4.98 Å². The van der Waals surface area contributed by atoms with Gasteiger partial charge in [-0.3, -0.25) is 4.79 Å². The summed E-state index contributed by atoms with van der Waals surface area (Å²) in [6.07, 6.45) is 3.80. The Morgan fingerprint density at radius 2 is 2.16 bits per heavy atom. The Morgan fingerprint density at radius 1 is 1.36 bits per heavy atom. The Kier molecular flexibility index (Phi) is 5.21. The topological polar surface area (TPSA) is 36.4 Å². The number of halogens is 1. The largest absolute Gasteiger partial charge is 0.356 e. The number of fused-ring (bicyclic) bond motifs is 1. The van der Waals surface area contributed by atoms with Crippen molar-refractivity contribution in [2.24, 2.45) is 5.92 Å². The van der Waals surface area contributed by atoms with Crippen molar-refractivity contribution in [2.45, 2.75) is 32.6 Å². The van der Waals surface area contributed by atoms with Gasteiger partial charge in [0.1, 0.15) is 11.6 Å². The van der Waals surface area contributed by atoms with Gasteiger partial charge in [0.2, 0.25) is 5.91 Å². The highest BCUT2D eigenvalue weighted by molar-refractivity contribution is 5.84. The van der Waals surface area contributed by atoms with Gasteiger partial charge in [0.05, 0.1) is 5.52 Å². The van der Waals surface area contributed by atoms with E-state index in [0.717, 1.165) is 54.6 Å². The molecule has 0 N–H and O–H groups in total. The van der Waals surface area contributed by atoms with Crippen LogP contribution in [-0.2, 0) is 4.79 Å². The van der Waals surface area contributed by atoms with E-state index in [2.05, 4.69) is 11.0 Å². The van der Waals surface area contributed by atoms with Crippen molar-refractivity contribution in [2.75, 3.05) is 32.1 Å². The average Bonchev–Trinajstić information content (AvgIpc) is 2.60. The van der Waals surface area contributed by atoms with Crippen LogP contribution in [0, 0.1) is 18.7 Å². The Bertz CT molecular complexity index is 775. The summed E-state index contributed by atoms with van der Waals surface area (Å²) in [6.45, 7) is 3.92. The van der Waals surface area contributed by atoms with Gasteiger partial charge in [-0.05, 0) is 61.9 Å². The minimum atomic E-state index is -0.228. The first-order valence-electron chi connectivity index (χ1n) is 8.96. The molecule has 4 nitrogen and oxygen atoms in total. The zero-order valence-corrected chi connectivity index (χ0v) is 15.3. The maximum Gasteiger partial charge on any atom is 0.222 e. The Hall–Kier alpha value is -2.17. The van der Waals surface area contributed by atoms with E-state index >= 15 is 0 Å². The number of amides is 1. The molecule has 1 aliphatic rings. The molecule has 1 saturated heterocycles. The third-order valence-corrected chi connectivity index (χ3v) is 5.07. The van der Waals surface area contributed by atoms with Gasteiger partial charge in [0.25, 0.3) is 0 Å². The number of pyridine rings is 1. The van der Waals surface area contributed by atoms with Crippen LogP contribution in [0.1, 0.15) is 31.2 Å². The van der Waals surface area contributed by atoms with Crippen LogP contribution < -0.4 is 4.90 Å². The molecule has 1 atom stereocenters. The summed E-state index contributed by atoms with van der Waals surface area (Å²) in [5, 5.41) is 0.869. The maximum absolute atomic E-state index is 13.5. The standard InChI is InChI=1S/C20H26FN3O/c1-14-11-19(22-18-8-7-16(21)12-17(14)18)24-10-4-5-15(13-24)6-9-20(25)23(2)3/h7-8,11-12,15H,4-6,9-10,13H2,1-3H3. The zero-order chi connectivity index (χ0) is 18.0. The fourth-order valence-corrected chi connectivity index (χ4v) is 3.57. The number of benzene rings is 1. The summed E-state index contributed by atoms with van der Waals surface area (Å²) < 4.78 is 13.5. The van der Waals surface area contributed by atoms with Gasteiger partial charge in [0, 0.05) is 39.0 Å². The molecule has 2 heterocycles. The predicted molar refractivity (Wildman–Crippen MR) is 99.3 cm³/mol. The van der Waals surface area contributed by atoms with Crippen molar-refractivity contribution >= 4 is 22.6 Å². The molecular weight excluding hydrogens is 317 g/mol. The van der Waals surface area contributed by atoms with Crippen molar-refractivity contribution in [3.63, 3.8) is 0 Å². The molecular formula is C20H26FN3O. The van der Waals surface area contributed by atoms with Crippen LogP contribution in [0.15, 0.2) is 24.3 Å². The number of hydrogen-bond acceptors (Lipinski definition) is 3. The molecule has 1 amide bonds. The lowest BCUT2D eigenvalue weighted by atomic mass is 9.93. The number of anilines is 1. The highest BCUT2D eigenvalue weighted by Crippen LogP contribution is 2.28. The number of carbonyl (C=O) groups excluding carboxylic acids is 1. The van der Waals surface area contributed by atoms with Crippen LogP contribution in [0.5, 0.6) is 0 Å². The van der Waals surface area contributed by atoms with E-state index in [-0.39, 0.29) is 11.7 Å². The molecule has 3 rings (SSSR count). The van der Waals surface area contributed by atoms with Gasteiger partial charge >= 0.3 is 0 Å². The Balaban J connectivity index is 1.74. The molecule has 25 heavy (non-hydrogen) atoms. The third kappa shape index (κ3) is 4.09. The monoisotopic (exact) mass is 343 g/mol. The Labute approximate surface area is 148 Å². The Morgan fingerprint density at radius 3 is 2.92 bits per heavy atom. The molecule has 1 aromatic carbocycles. The molecule has 1 unspecified atom stereocenters. The van der Waals surface area contributed by atoms with Crippen molar-refractivity contribution in [3.8, 4) is 0 Å². The van der Waals surface area contributed by atoms with Crippen LogP contribution >= 0.6 is 0 Å². The van der Waals surface area contributed by atoms with Crippen molar-refractivity contribution in [1.82, 2.24) is 9.88 Å². The second-order valence-electron chi connectivity index (χ2n) is 7.24. The molecule has 0 saturated carbocycles. The summed E-state index contributed by atoms with van der Waals surface area (Å²) in [5.74, 6) is 1.44. The minimum Gasteiger partial charge on any atom is -0.356 e. The van der Waals surface area contributed by atoms with Gasteiger partial charge in [-0.25, -0.2) is 9.37 Å². The number of aryl methyl sites for hydroxylation is 1. The van der Waals surface area contributed by atoms with Gasteiger partial charge in [-0.1, -0.05) is 0 Å². The van der Waals surface area contributed by atoms with E-state index in [0.29, 0.717) is 12.3 Å². The predicted octanol–water partition coefficient (Wildman–Crippen LogP) is 3.77. The molecule has 0 bridgehead atoms. The lowest BCUT2D eigenvalue weighted by molar-refractivity contribution is -0.129. The molecule has 1 fully saturated rings. The van der Waals surface area contributed by atoms with Crippen LogP contribution in [0.2, 0.25) is 0 Å². The zero-order valence-electron chi connectivity index (χ0n) is 15.3. The van der Waals surface area contributed by atoms with Gasteiger partial charge in [-0.15, -0.1) is 0 Å². The molecule has 134 valence electrons. The van der Waals surface area contributed by atoms with Crippen molar-refractivity contribution < 1.29 is 9.18 Å². The minimum absolute atomic E-state index is 0.193. The van der Waals surface area contributed by atoms with Crippen LogP contribution in [0.4, 0.5) is 10.2 Å². The molecule has 0 spiro atoms. The quantitative estimate of drug-likeness (QED) is 0.848. The summed E-state index contributed by atoms with van der Waals surface area (Å²) in [7, 11) is 3.61. The number of hydrogen-bond donors (Lipinski definition) is 0. The smallest absolute Gasteiger partial charge is 0.222 e. The third-order valence-electron chi connectivity index (χ3n) is 5.07. The first kappa shape index (κ1) is 17.6. The number of nitrogens with zero attached hydrogens (tertiary/aromatic N) is 3. The second-order valence-corrected chi connectivity index (χ2v) is 7.24. The maximum atomic E-state index is 13.5. The summed E-state index contributed by atoms with van der Waals surface area (Å²) in [6, 6.07) is 6.81. The van der Waals surface area contributed by atoms with E-state index in [1.165, 1.54) is 6.07 Å². The normalized spacial score (nSPS) is 17.8. The second kappa shape index (κ2) is 7.38. The van der Waals surface area contributed by atoms with Gasteiger partial charge < -0.3 is 9.80 Å². The van der Waals surface area contributed by atoms with E-state index in [9.17, 15) is 9.18 Å². The van der Waals surface area contributed by atoms with Crippen LogP contribution in [0.3, 0.4) is 0 Å². The summed E-state index contributed by atoms with van der Waals surface area (Å²) in [4.78, 5) is 20.5. The molecule has 1 aliphatic heterocycles.